The van der Waals surface area contributed by atoms with Crippen molar-refractivity contribution in [1.29, 1.82) is 0 Å². The summed E-state index contributed by atoms with van der Waals surface area (Å²) in [6, 6.07) is 14.6. The number of ether oxygens (including phenoxy) is 2. The van der Waals surface area contributed by atoms with Crippen molar-refractivity contribution in [2.45, 2.75) is 12.1 Å². The maximum absolute atomic E-state index is 14.2. The van der Waals surface area contributed by atoms with Crippen molar-refractivity contribution in [3.8, 4) is 11.5 Å². The number of methoxy groups -OCH3 is 2. The van der Waals surface area contributed by atoms with Gasteiger partial charge in [0.25, 0.3) is 5.69 Å². The molecule has 6 rings (SSSR count). The lowest BCUT2D eigenvalue weighted by molar-refractivity contribution is -0.384. The lowest BCUT2D eigenvalue weighted by Crippen LogP contribution is -2.44. The molecule has 2 fully saturated rings. The molecule has 3 aliphatic heterocycles. The third-order valence-electron chi connectivity index (χ3n) is 7.78. The lowest BCUT2D eigenvalue weighted by atomic mass is 9.83. The van der Waals surface area contributed by atoms with E-state index < -0.39 is 40.7 Å². The van der Waals surface area contributed by atoms with E-state index in [9.17, 15) is 24.5 Å². The number of benzene rings is 3. The predicted octanol–water partition coefficient (Wildman–Crippen LogP) is 4.77. The van der Waals surface area contributed by atoms with Crippen LogP contribution in [0.1, 0.15) is 27.5 Å². The highest BCUT2D eigenvalue weighted by Gasteiger charge is 2.65. The van der Waals surface area contributed by atoms with E-state index >= 15 is 0 Å². The van der Waals surface area contributed by atoms with Crippen molar-refractivity contribution in [1.82, 2.24) is 4.90 Å². The Morgan fingerprint density at radius 2 is 1.65 bits per heavy atom. The fraction of sp³-hybridized carbons (Fsp3) is 0.207. The minimum atomic E-state index is -1.04. The number of rotatable bonds is 6. The minimum Gasteiger partial charge on any atom is -0.496 e. The molecular formula is C29H22BrN3O7. The van der Waals surface area contributed by atoms with Crippen molar-refractivity contribution in [3.63, 3.8) is 0 Å². The minimum absolute atomic E-state index is 0.0225. The van der Waals surface area contributed by atoms with E-state index in [4.69, 9.17) is 9.47 Å². The molecule has 2 amide bonds. The number of nitro benzene ring substituents is 1. The summed E-state index contributed by atoms with van der Waals surface area (Å²) in [5, 5.41) is 11.5. The number of hydrogen-bond acceptors (Lipinski definition) is 8. The second-order valence-electron chi connectivity index (χ2n) is 9.67. The van der Waals surface area contributed by atoms with Crippen LogP contribution in [0.4, 0.5) is 11.4 Å². The average Bonchev–Trinajstić information content (AvgIpc) is 3.44. The highest BCUT2D eigenvalue weighted by molar-refractivity contribution is 9.10. The zero-order valence-electron chi connectivity index (χ0n) is 21.3. The number of amides is 2. The number of nitro groups is 1. The van der Waals surface area contributed by atoms with E-state index in [0.29, 0.717) is 15.8 Å². The normalized spacial score (nSPS) is 22.6. The van der Waals surface area contributed by atoms with Crippen LogP contribution >= 0.6 is 15.9 Å². The summed E-state index contributed by atoms with van der Waals surface area (Å²) < 4.78 is 11.2. The third kappa shape index (κ3) is 3.72. The van der Waals surface area contributed by atoms with Gasteiger partial charge in [-0.25, -0.2) is 4.90 Å². The van der Waals surface area contributed by atoms with Gasteiger partial charge in [0.2, 0.25) is 11.8 Å². The molecule has 0 unspecified atom stereocenters. The van der Waals surface area contributed by atoms with Crippen LogP contribution in [0.25, 0.3) is 6.08 Å². The number of anilines is 1. The molecule has 40 heavy (non-hydrogen) atoms. The monoisotopic (exact) mass is 603 g/mol. The van der Waals surface area contributed by atoms with Gasteiger partial charge >= 0.3 is 0 Å². The van der Waals surface area contributed by atoms with Gasteiger partial charge in [-0.05, 0) is 57.4 Å². The summed E-state index contributed by atoms with van der Waals surface area (Å²) in [5.41, 5.74) is 1.73. The van der Waals surface area contributed by atoms with Crippen LogP contribution in [0.2, 0.25) is 0 Å². The molecule has 0 aromatic heterocycles. The zero-order chi connectivity index (χ0) is 28.3. The summed E-state index contributed by atoms with van der Waals surface area (Å²) in [5.74, 6) is -2.75. The fourth-order valence-electron chi connectivity index (χ4n) is 6.05. The first-order valence-electron chi connectivity index (χ1n) is 12.4. The molecule has 0 bridgehead atoms. The SMILES string of the molecule is COc1ccc(C(=O)[C@@H]2[C@@H]3C(=O)N(c4cc([N+](=O)[O-])ccc4OC)C(=O)[C@@H]3[C@@H]3c4ccccc4C=CN23)cc1Br. The number of fused-ring (bicyclic) bond motifs is 5. The smallest absolute Gasteiger partial charge is 0.271 e. The lowest BCUT2D eigenvalue weighted by Gasteiger charge is -2.35. The highest BCUT2D eigenvalue weighted by atomic mass is 79.9. The van der Waals surface area contributed by atoms with Crippen molar-refractivity contribution >= 4 is 51.0 Å². The van der Waals surface area contributed by atoms with Crippen LogP contribution in [-0.4, -0.2) is 47.7 Å². The standard InChI is InChI=1S/C29H22BrN3O7/c1-39-21-9-7-16(13-19(21)30)27(34)26-24-23(25-18-6-4-3-5-15(18)11-12-31(25)26)28(35)32(29(24)36)20-14-17(33(37)38)8-10-22(20)40-2/h3-14,23-26H,1-2H3/t23-,24+,25-,26-/m0/s1. The van der Waals surface area contributed by atoms with Gasteiger partial charge in [-0.1, -0.05) is 24.3 Å². The fourth-order valence-corrected chi connectivity index (χ4v) is 6.59. The number of imide groups is 1. The number of nitrogens with zero attached hydrogens (tertiary/aromatic N) is 3. The van der Waals surface area contributed by atoms with Crippen molar-refractivity contribution in [2.24, 2.45) is 11.8 Å². The van der Waals surface area contributed by atoms with Crippen molar-refractivity contribution in [2.75, 3.05) is 19.1 Å². The molecule has 0 N–H and O–H groups in total. The molecule has 0 saturated carbocycles. The van der Waals surface area contributed by atoms with E-state index in [1.165, 1.54) is 26.4 Å². The number of non-ortho nitro benzene ring substituents is 1. The maximum atomic E-state index is 14.2. The Morgan fingerprint density at radius 3 is 2.35 bits per heavy atom. The summed E-state index contributed by atoms with van der Waals surface area (Å²) in [4.78, 5) is 56.1. The predicted molar refractivity (Wildman–Crippen MR) is 148 cm³/mol. The largest absolute Gasteiger partial charge is 0.496 e. The van der Waals surface area contributed by atoms with Gasteiger partial charge in [0.15, 0.2) is 5.78 Å². The Hall–Kier alpha value is -4.51. The van der Waals surface area contributed by atoms with Crippen molar-refractivity contribution < 1.29 is 28.8 Å². The van der Waals surface area contributed by atoms with Gasteiger partial charge in [-0.15, -0.1) is 0 Å². The van der Waals surface area contributed by atoms with E-state index in [2.05, 4.69) is 15.9 Å². The number of ketones is 1. The first-order valence-corrected chi connectivity index (χ1v) is 13.2. The Kier molecular flexibility index (Phi) is 6.18. The van der Waals surface area contributed by atoms with E-state index in [-0.39, 0.29) is 22.9 Å². The third-order valence-corrected chi connectivity index (χ3v) is 8.40. The molecule has 3 aromatic rings. The molecule has 4 atom stereocenters. The Bertz CT molecular complexity index is 1640. The molecular weight excluding hydrogens is 582 g/mol. The second kappa shape index (κ2) is 9.60. The number of hydrogen-bond donors (Lipinski definition) is 0. The molecule has 3 aliphatic rings. The molecule has 11 heteroatoms. The van der Waals surface area contributed by atoms with E-state index in [1.807, 2.05) is 30.3 Å². The summed E-state index contributed by atoms with van der Waals surface area (Å²) >= 11 is 3.42. The summed E-state index contributed by atoms with van der Waals surface area (Å²) in [6.07, 6.45) is 3.64. The van der Waals surface area contributed by atoms with Gasteiger partial charge in [-0.3, -0.25) is 24.5 Å². The maximum Gasteiger partial charge on any atom is 0.271 e. The second-order valence-corrected chi connectivity index (χ2v) is 10.5. The first kappa shape index (κ1) is 25.8. The van der Waals surface area contributed by atoms with Gasteiger partial charge in [-0.2, -0.15) is 0 Å². The van der Waals surface area contributed by atoms with Crippen LogP contribution in [0, 0.1) is 22.0 Å². The first-order chi connectivity index (χ1) is 19.3. The molecule has 202 valence electrons. The van der Waals surface area contributed by atoms with Crippen LogP contribution < -0.4 is 14.4 Å². The summed E-state index contributed by atoms with van der Waals surface area (Å²) in [7, 11) is 2.87. The van der Waals surface area contributed by atoms with Gasteiger partial charge in [0.1, 0.15) is 23.2 Å². The highest BCUT2D eigenvalue weighted by Crippen LogP contribution is 2.54. The van der Waals surface area contributed by atoms with Gasteiger partial charge < -0.3 is 14.4 Å². The van der Waals surface area contributed by atoms with E-state index in [0.717, 1.165) is 22.1 Å². The van der Waals surface area contributed by atoms with Gasteiger partial charge in [0, 0.05) is 23.9 Å². The van der Waals surface area contributed by atoms with Crippen LogP contribution in [-0.2, 0) is 9.59 Å². The molecule has 10 nitrogen and oxygen atoms in total. The zero-order valence-corrected chi connectivity index (χ0v) is 22.9. The van der Waals surface area contributed by atoms with Crippen LogP contribution in [0.15, 0.2) is 71.3 Å². The quantitative estimate of drug-likeness (QED) is 0.171. The molecule has 0 aliphatic carbocycles. The molecule has 0 radical (unpaired) electrons. The molecule has 2 saturated heterocycles. The number of halogens is 1. The number of Topliss-reactive ketones (excluding diaryl/α,β-unsaturated/α-hetero) is 1. The topological polar surface area (TPSA) is 119 Å². The van der Waals surface area contributed by atoms with Crippen molar-refractivity contribution in [3.05, 3.63) is 98.1 Å². The molecule has 3 aromatic carbocycles. The average molecular weight is 604 g/mol. The summed E-state index contributed by atoms with van der Waals surface area (Å²) in [6.45, 7) is 0. The number of carbonyl (C=O) groups is 3. The Balaban J connectivity index is 1.50. The molecule has 3 heterocycles. The van der Waals surface area contributed by atoms with Crippen LogP contribution in [0.3, 0.4) is 0 Å². The number of carbonyl (C=O) groups excluding carboxylic acids is 3. The molecule has 0 spiro atoms. The Labute approximate surface area is 237 Å². The Morgan fingerprint density at radius 1 is 0.950 bits per heavy atom. The van der Waals surface area contributed by atoms with Crippen LogP contribution in [0.5, 0.6) is 11.5 Å². The van der Waals surface area contributed by atoms with E-state index in [1.54, 1.807) is 29.3 Å². The van der Waals surface area contributed by atoms with Gasteiger partial charge in [0.05, 0.1) is 41.5 Å².